The second-order valence-corrected chi connectivity index (χ2v) is 7.63. The summed E-state index contributed by atoms with van der Waals surface area (Å²) in [6, 6.07) is 18.8. The molecule has 6 heteroatoms. The molecular formula is C24H28N4O2. The van der Waals surface area contributed by atoms with Gasteiger partial charge in [-0.15, -0.1) is 0 Å². The van der Waals surface area contributed by atoms with Crippen LogP contribution in [0.4, 0.5) is 0 Å². The van der Waals surface area contributed by atoms with Crippen LogP contribution in [0.25, 0.3) is 0 Å². The topological polar surface area (TPSA) is 76.4 Å². The number of nitrogens with zero attached hydrogens (tertiary/aromatic N) is 3. The van der Waals surface area contributed by atoms with Crippen molar-refractivity contribution in [2.45, 2.75) is 19.3 Å². The number of nitrogens with one attached hydrogen (secondary N) is 1. The summed E-state index contributed by atoms with van der Waals surface area (Å²) in [5, 5.41) is 12.2. The monoisotopic (exact) mass is 404 g/mol. The van der Waals surface area contributed by atoms with Crippen molar-refractivity contribution in [2.24, 2.45) is 0 Å². The fourth-order valence-electron chi connectivity index (χ4n) is 3.67. The van der Waals surface area contributed by atoms with Gasteiger partial charge in [0.15, 0.2) is 0 Å². The molecule has 0 spiro atoms. The predicted molar refractivity (Wildman–Crippen MR) is 116 cm³/mol. The number of hydrogen-bond donors (Lipinski definition) is 1. The van der Waals surface area contributed by atoms with E-state index < -0.39 is 0 Å². The van der Waals surface area contributed by atoms with E-state index in [1.807, 2.05) is 23.1 Å². The Balaban J connectivity index is 1.72. The predicted octanol–water partition coefficient (Wildman–Crippen LogP) is 2.63. The molecule has 1 saturated heterocycles. The number of hydrogen-bond acceptors (Lipinski definition) is 4. The minimum atomic E-state index is -0.115. The maximum atomic E-state index is 13.2. The molecule has 1 aliphatic heterocycles. The van der Waals surface area contributed by atoms with Crippen molar-refractivity contribution >= 4 is 11.8 Å². The minimum Gasteiger partial charge on any atom is -0.340 e. The highest BCUT2D eigenvalue weighted by molar-refractivity contribution is 5.94. The van der Waals surface area contributed by atoms with E-state index in [0.29, 0.717) is 43.7 Å². The van der Waals surface area contributed by atoms with E-state index in [0.717, 1.165) is 18.7 Å². The van der Waals surface area contributed by atoms with Crippen LogP contribution in [0.1, 0.15) is 40.7 Å². The largest absolute Gasteiger partial charge is 0.340 e. The SMILES string of the molecule is C[C@@H](CN(CCC(=O)N1CCNCC1)C(=O)c1ccc(C#N)cc1)c1ccccc1. The Kier molecular flexibility index (Phi) is 7.58. The van der Waals surface area contributed by atoms with E-state index in [4.69, 9.17) is 5.26 Å². The molecular weight excluding hydrogens is 376 g/mol. The summed E-state index contributed by atoms with van der Waals surface area (Å²) >= 11 is 0. The maximum absolute atomic E-state index is 13.2. The summed E-state index contributed by atoms with van der Waals surface area (Å²) in [4.78, 5) is 29.5. The van der Waals surface area contributed by atoms with Crippen LogP contribution in [0.3, 0.4) is 0 Å². The van der Waals surface area contributed by atoms with E-state index >= 15 is 0 Å². The lowest BCUT2D eigenvalue weighted by molar-refractivity contribution is -0.131. The van der Waals surface area contributed by atoms with Gasteiger partial charge in [-0.3, -0.25) is 9.59 Å². The van der Waals surface area contributed by atoms with Gasteiger partial charge < -0.3 is 15.1 Å². The summed E-state index contributed by atoms with van der Waals surface area (Å²) in [5.74, 6) is 0.111. The van der Waals surface area contributed by atoms with Crippen molar-refractivity contribution in [1.29, 1.82) is 5.26 Å². The highest BCUT2D eigenvalue weighted by Gasteiger charge is 2.22. The zero-order valence-corrected chi connectivity index (χ0v) is 17.4. The van der Waals surface area contributed by atoms with Gasteiger partial charge in [-0.05, 0) is 35.7 Å². The Labute approximate surface area is 178 Å². The number of carbonyl (C=O) groups excluding carboxylic acids is 2. The van der Waals surface area contributed by atoms with Crippen LogP contribution in [0, 0.1) is 11.3 Å². The zero-order chi connectivity index (χ0) is 21.3. The Morgan fingerprint density at radius 3 is 2.40 bits per heavy atom. The molecule has 0 radical (unpaired) electrons. The summed E-state index contributed by atoms with van der Waals surface area (Å²) in [5.41, 5.74) is 2.21. The van der Waals surface area contributed by atoms with E-state index in [-0.39, 0.29) is 17.7 Å². The molecule has 2 aromatic rings. The molecule has 156 valence electrons. The molecule has 2 aromatic carbocycles. The third-order valence-electron chi connectivity index (χ3n) is 5.48. The summed E-state index contributed by atoms with van der Waals surface area (Å²) in [6.07, 6.45) is 0.309. The first-order valence-corrected chi connectivity index (χ1v) is 10.4. The molecule has 0 unspecified atom stereocenters. The van der Waals surface area contributed by atoms with E-state index in [2.05, 4.69) is 30.4 Å². The maximum Gasteiger partial charge on any atom is 0.253 e. The average Bonchev–Trinajstić information content (AvgIpc) is 2.82. The van der Waals surface area contributed by atoms with Crippen LogP contribution in [-0.4, -0.2) is 60.9 Å². The number of nitriles is 1. The normalized spacial score (nSPS) is 14.6. The second kappa shape index (κ2) is 10.6. The lowest BCUT2D eigenvalue weighted by atomic mass is 10.00. The molecule has 1 atom stereocenters. The fourth-order valence-corrected chi connectivity index (χ4v) is 3.67. The first kappa shape index (κ1) is 21.5. The van der Waals surface area contributed by atoms with Crippen molar-refractivity contribution < 1.29 is 9.59 Å². The van der Waals surface area contributed by atoms with Crippen LogP contribution in [0.5, 0.6) is 0 Å². The standard InChI is InChI=1S/C24H28N4O2/c1-19(21-5-3-2-4-6-21)18-28(14-11-23(29)27-15-12-26-13-16-27)24(30)22-9-7-20(17-25)8-10-22/h2-10,19,26H,11-16,18H2,1H3/t19-/m0/s1. The van der Waals surface area contributed by atoms with E-state index in [9.17, 15) is 9.59 Å². The number of amides is 2. The van der Waals surface area contributed by atoms with Crippen LogP contribution < -0.4 is 5.32 Å². The van der Waals surface area contributed by atoms with Crippen LogP contribution in [0.15, 0.2) is 54.6 Å². The number of carbonyl (C=O) groups is 2. The molecule has 0 aliphatic carbocycles. The summed E-state index contributed by atoms with van der Waals surface area (Å²) in [6.45, 7) is 6.03. The molecule has 2 amide bonds. The highest BCUT2D eigenvalue weighted by atomic mass is 16.2. The molecule has 0 bridgehead atoms. The number of rotatable bonds is 7. The van der Waals surface area contributed by atoms with Gasteiger partial charge in [-0.1, -0.05) is 37.3 Å². The van der Waals surface area contributed by atoms with Gasteiger partial charge >= 0.3 is 0 Å². The third kappa shape index (κ3) is 5.68. The van der Waals surface area contributed by atoms with Crippen molar-refractivity contribution in [2.75, 3.05) is 39.3 Å². The highest BCUT2D eigenvalue weighted by Crippen LogP contribution is 2.18. The molecule has 6 nitrogen and oxygen atoms in total. The minimum absolute atomic E-state index is 0.0847. The summed E-state index contributed by atoms with van der Waals surface area (Å²) in [7, 11) is 0. The van der Waals surface area contributed by atoms with Gasteiger partial charge in [-0.2, -0.15) is 5.26 Å². The third-order valence-corrected chi connectivity index (χ3v) is 5.48. The van der Waals surface area contributed by atoms with Gasteiger partial charge in [0, 0.05) is 51.3 Å². The first-order valence-electron chi connectivity index (χ1n) is 10.4. The molecule has 30 heavy (non-hydrogen) atoms. The average molecular weight is 405 g/mol. The lowest BCUT2D eigenvalue weighted by Gasteiger charge is -2.30. The Bertz CT molecular complexity index is 884. The van der Waals surface area contributed by atoms with Crippen molar-refractivity contribution in [1.82, 2.24) is 15.1 Å². The smallest absolute Gasteiger partial charge is 0.253 e. The lowest BCUT2D eigenvalue weighted by Crippen LogP contribution is -2.47. The molecule has 0 aromatic heterocycles. The van der Waals surface area contributed by atoms with Gasteiger partial charge in [0.05, 0.1) is 11.6 Å². The van der Waals surface area contributed by atoms with Crippen molar-refractivity contribution in [3.05, 3.63) is 71.3 Å². The second-order valence-electron chi connectivity index (χ2n) is 7.63. The van der Waals surface area contributed by atoms with E-state index in [1.54, 1.807) is 29.2 Å². The molecule has 1 fully saturated rings. The molecule has 0 saturated carbocycles. The first-order chi connectivity index (χ1) is 14.6. The van der Waals surface area contributed by atoms with Gasteiger partial charge in [0.2, 0.25) is 5.91 Å². The fraction of sp³-hybridized carbons (Fsp3) is 0.375. The number of piperazine rings is 1. The Morgan fingerprint density at radius 1 is 1.10 bits per heavy atom. The Hall–Kier alpha value is -3.17. The van der Waals surface area contributed by atoms with Gasteiger partial charge in [0.25, 0.3) is 5.91 Å². The van der Waals surface area contributed by atoms with Gasteiger partial charge in [-0.25, -0.2) is 0 Å². The summed E-state index contributed by atoms with van der Waals surface area (Å²) < 4.78 is 0. The molecule has 3 rings (SSSR count). The quantitative estimate of drug-likeness (QED) is 0.770. The Morgan fingerprint density at radius 2 is 1.77 bits per heavy atom. The molecule has 1 N–H and O–H groups in total. The van der Waals surface area contributed by atoms with Crippen LogP contribution in [0.2, 0.25) is 0 Å². The van der Waals surface area contributed by atoms with Gasteiger partial charge in [0.1, 0.15) is 0 Å². The molecule has 1 heterocycles. The van der Waals surface area contributed by atoms with Crippen molar-refractivity contribution in [3.63, 3.8) is 0 Å². The molecule has 1 aliphatic rings. The zero-order valence-electron chi connectivity index (χ0n) is 17.4. The van der Waals surface area contributed by atoms with E-state index in [1.165, 1.54) is 0 Å². The number of benzene rings is 2. The van der Waals surface area contributed by atoms with Crippen molar-refractivity contribution in [3.8, 4) is 6.07 Å². The van der Waals surface area contributed by atoms with Crippen LogP contribution >= 0.6 is 0 Å². The van der Waals surface area contributed by atoms with Crippen LogP contribution in [-0.2, 0) is 4.79 Å².